The fourth-order valence-corrected chi connectivity index (χ4v) is 2.67. The van der Waals surface area contributed by atoms with E-state index in [1.165, 1.54) is 6.07 Å². The molecule has 0 aromatic heterocycles. The van der Waals surface area contributed by atoms with E-state index in [4.69, 9.17) is 10.00 Å². The molecule has 1 fully saturated rings. The number of benzene rings is 1. The Hall–Kier alpha value is -2.29. The van der Waals surface area contributed by atoms with Gasteiger partial charge >= 0.3 is 6.09 Å². The lowest BCUT2D eigenvalue weighted by atomic mass is 10.0. The van der Waals surface area contributed by atoms with Crippen LogP contribution >= 0.6 is 0 Å². The molecule has 6 heteroatoms. The minimum atomic E-state index is -0.547. The number of carbonyl (C=O) groups excluding carboxylic acids is 1. The van der Waals surface area contributed by atoms with Crippen LogP contribution in [0.2, 0.25) is 0 Å². The van der Waals surface area contributed by atoms with Crippen LogP contribution in [0, 0.1) is 17.1 Å². The van der Waals surface area contributed by atoms with Crippen LogP contribution in [0.4, 0.5) is 14.9 Å². The van der Waals surface area contributed by atoms with E-state index < -0.39 is 17.5 Å². The number of anilines is 1. The van der Waals surface area contributed by atoms with Crippen molar-refractivity contribution in [3.05, 3.63) is 29.6 Å². The standard InChI is InChI=1S/C17H22FN3O2/c1-17(2,3)23-16(22)20-12-6-5-9-21(11-12)15-8-4-7-14(18)13(15)10-19/h4,7-8,12H,5-6,9,11H2,1-3H3,(H,20,22)/t12-/m1/s1. The zero-order valence-electron chi connectivity index (χ0n) is 13.7. The summed E-state index contributed by atoms with van der Waals surface area (Å²) in [6.45, 7) is 6.69. The van der Waals surface area contributed by atoms with E-state index in [-0.39, 0.29) is 11.6 Å². The number of hydrogen-bond donors (Lipinski definition) is 1. The van der Waals surface area contributed by atoms with Crippen molar-refractivity contribution in [1.29, 1.82) is 5.26 Å². The van der Waals surface area contributed by atoms with Crippen LogP contribution in [0.3, 0.4) is 0 Å². The normalized spacial score (nSPS) is 18.2. The quantitative estimate of drug-likeness (QED) is 0.909. The third-order valence-corrected chi connectivity index (χ3v) is 3.59. The molecule has 1 aliphatic heterocycles. The highest BCUT2D eigenvalue weighted by Gasteiger charge is 2.26. The van der Waals surface area contributed by atoms with E-state index >= 15 is 0 Å². The summed E-state index contributed by atoms with van der Waals surface area (Å²) in [5.74, 6) is -0.521. The lowest BCUT2D eigenvalue weighted by Crippen LogP contribution is -2.49. The van der Waals surface area contributed by atoms with E-state index in [0.29, 0.717) is 12.2 Å². The first-order valence-corrected chi connectivity index (χ1v) is 7.73. The average Bonchev–Trinajstić information content (AvgIpc) is 2.45. The minimum absolute atomic E-state index is 0.0467. The van der Waals surface area contributed by atoms with Crippen LogP contribution in [0.5, 0.6) is 0 Å². The summed E-state index contributed by atoms with van der Waals surface area (Å²) in [7, 11) is 0. The predicted molar refractivity (Wildman–Crippen MR) is 85.7 cm³/mol. The second-order valence-electron chi connectivity index (χ2n) is 6.68. The number of nitrogens with one attached hydrogen (secondary N) is 1. The van der Waals surface area contributed by atoms with Gasteiger partial charge in [-0.1, -0.05) is 6.07 Å². The van der Waals surface area contributed by atoms with E-state index in [1.54, 1.807) is 12.1 Å². The van der Waals surface area contributed by atoms with Gasteiger partial charge in [0.1, 0.15) is 23.1 Å². The minimum Gasteiger partial charge on any atom is -0.444 e. The number of piperidine rings is 1. The first-order chi connectivity index (χ1) is 10.8. The molecule has 1 atom stereocenters. The van der Waals surface area contributed by atoms with Crippen molar-refractivity contribution in [2.24, 2.45) is 0 Å². The number of carbonyl (C=O) groups is 1. The van der Waals surface area contributed by atoms with Gasteiger partial charge in [0.15, 0.2) is 0 Å². The third kappa shape index (κ3) is 4.59. The Morgan fingerprint density at radius 2 is 2.22 bits per heavy atom. The van der Waals surface area contributed by atoms with Crippen LogP contribution < -0.4 is 10.2 Å². The highest BCUT2D eigenvalue weighted by atomic mass is 19.1. The Bertz CT molecular complexity index is 619. The van der Waals surface area contributed by atoms with Gasteiger partial charge in [-0.25, -0.2) is 9.18 Å². The van der Waals surface area contributed by atoms with Crippen LogP contribution in [-0.2, 0) is 4.74 Å². The zero-order chi connectivity index (χ0) is 17.0. The highest BCUT2D eigenvalue weighted by molar-refractivity contribution is 5.68. The Kier molecular flexibility index (Phi) is 5.09. The number of alkyl carbamates (subject to hydrolysis) is 1. The number of ether oxygens (including phenoxy) is 1. The molecule has 1 amide bonds. The lowest BCUT2D eigenvalue weighted by Gasteiger charge is -2.35. The van der Waals surface area contributed by atoms with E-state index in [1.807, 2.05) is 31.7 Å². The van der Waals surface area contributed by atoms with Crippen LogP contribution in [0.15, 0.2) is 18.2 Å². The van der Waals surface area contributed by atoms with Crippen molar-refractivity contribution in [2.75, 3.05) is 18.0 Å². The molecule has 1 saturated heterocycles. The zero-order valence-corrected chi connectivity index (χ0v) is 13.7. The van der Waals surface area contributed by atoms with Gasteiger partial charge in [-0.2, -0.15) is 5.26 Å². The van der Waals surface area contributed by atoms with Gasteiger partial charge in [-0.3, -0.25) is 0 Å². The molecular weight excluding hydrogens is 297 g/mol. The van der Waals surface area contributed by atoms with Gasteiger partial charge in [0.2, 0.25) is 0 Å². The van der Waals surface area contributed by atoms with Gasteiger partial charge in [-0.05, 0) is 45.7 Å². The van der Waals surface area contributed by atoms with Crippen molar-refractivity contribution in [3.63, 3.8) is 0 Å². The second-order valence-corrected chi connectivity index (χ2v) is 6.68. The second kappa shape index (κ2) is 6.86. The maximum Gasteiger partial charge on any atom is 0.407 e. The fourth-order valence-electron chi connectivity index (χ4n) is 2.67. The molecule has 23 heavy (non-hydrogen) atoms. The molecule has 1 heterocycles. The summed E-state index contributed by atoms with van der Waals surface area (Å²) in [5, 5.41) is 12.0. The summed E-state index contributed by atoms with van der Waals surface area (Å²) >= 11 is 0. The number of nitrogens with zero attached hydrogens (tertiary/aromatic N) is 2. The molecule has 5 nitrogen and oxygen atoms in total. The van der Waals surface area contributed by atoms with Crippen molar-refractivity contribution >= 4 is 11.8 Å². The molecule has 0 aliphatic carbocycles. The molecule has 1 N–H and O–H groups in total. The van der Waals surface area contributed by atoms with E-state index in [9.17, 15) is 9.18 Å². The van der Waals surface area contributed by atoms with Gasteiger partial charge in [0, 0.05) is 19.1 Å². The monoisotopic (exact) mass is 319 g/mol. The molecule has 0 bridgehead atoms. The Labute approximate surface area is 136 Å². The van der Waals surface area contributed by atoms with Gasteiger partial charge in [0.05, 0.1) is 5.69 Å². The molecular formula is C17H22FN3O2. The number of amides is 1. The van der Waals surface area contributed by atoms with Crippen LogP contribution in [0.25, 0.3) is 0 Å². The summed E-state index contributed by atoms with van der Waals surface area (Å²) in [5.41, 5.74) is 0.0724. The summed E-state index contributed by atoms with van der Waals surface area (Å²) in [6.07, 6.45) is 1.22. The van der Waals surface area contributed by atoms with Crippen LogP contribution in [-0.4, -0.2) is 30.8 Å². The Morgan fingerprint density at radius 1 is 1.48 bits per heavy atom. The summed E-state index contributed by atoms with van der Waals surface area (Å²) in [4.78, 5) is 13.8. The lowest BCUT2D eigenvalue weighted by molar-refractivity contribution is 0.0500. The molecule has 2 rings (SSSR count). The molecule has 0 unspecified atom stereocenters. The Morgan fingerprint density at radius 3 is 2.87 bits per heavy atom. The van der Waals surface area contributed by atoms with Crippen molar-refractivity contribution < 1.29 is 13.9 Å². The number of hydrogen-bond acceptors (Lipinski definition) is 4. The SMILES string of the molecule is CC(C)(C)OC(=O)N[C@@H]1CCCN(c2cccc(F)c2C#N)C1. The number of halogens is 1. The highest BCUT2D eigenvalue weighted by Crippen LogP contribution is 2.25. The van der Waals surface area contributed by atoms with E-state index in [2.05, 4.69) is 5.32 Å². The first-order valence-electron chi connectivity index (χ1n) is 7.73. The maximum absolute atomic E-state index is 13.8. The van der Waals surface area contributed by atoms with Crippen molar-refractivity contribution in [3.8, 4) is 6.07 Å². The van der Waals surface area contributed by atoms with E-state index in [0.717, 1.165) is 19.4 Å². The molecule has 124 valence electrons. The smallest absolute Gasteiger partial charge is 0.407 e. The summed E-state index contributed by atoms with van der Waals surface area (Å²) in [6, 6.07) is 6.44. The number of nitriles is 1. The molecule has 0 spiro atoms. The molecule has 0 radical (unpaired) electrons. The number of rotatable bonds is 2. The molecule has 0 saturated carbocycles. The Balaban J connectivity index is 2.06. The summed E-state index contributed by atoms with van der Waals surface area (Å²) < 4.78 is 19.0. The first kappa shape index (κ1) is 17.1. The predicted octanol–water partition coefficient (Wildman–Crippen LogP) is 3.19. The molecule has 1 aromatic carbocycles. The topological polar surface area (TPSA) is 65.4 Å². The van der Waals surface area contributed by atoms with Crippen molar-refractivity contribution in [1.82, 2.24) is 5.32 Å². The molecule has 1 aromatic rings. The largest absolute Gasteiger partial charge is 0.444 e. The fraction of sp³-hybridized carbons (Fsp3) is 0.529. The van der Waals surface area contributed by atoms with Crippen LogP contribution in [0.1, 0.15) is 39.2 Å². The maximum atomic E-state index is 13.8. The molecule has 1 aliphatic rings. The van der Waals surface area contributed by atoms with Crippen molar-refractivity contribution in [2.45, 2.75) is 45.3 Å². The average molecular weight is 319 g/mol. The van der Waals surface area contributed by atoms with Gasteiger partial charge < -0.3 is 15.0 Å². The van der Waals surface area contributed by atoms with Gasteiger partial charge in [0.25, 0.3) is 0 Å². The van der Waals surface area contributed by atoms with Gasteiger partial charge in [-0.15, -0.1) is 0 Å². The third-order valence-electron chi connectivity index (χ3n) is 3.59.